The molecule has 2 heterocycles. The third-order valence-electron chi connectivity index (χ3n) is 5.98. The van der Waals surface area contributed by atoms with Gasteiger partial charge in [0.25, 0.3) is 5.56 Å². The number of aryl methyl sites for hydroxylation is 4. The Bertz CT molecular complexity index is 1380. The number of amides is 1. The molecule has 0 aliphatic heterocycles. The second kappa shape index (κ2) is 8.71. The van der Waals surface area contributed by atoms with Crippen LogP contribution in [0.25, 0.3) is 21.3 Å². The summed E-state index contributed by atoms with van der Waals surface area (Å²) in [4.78, 5) is 31.8. The normalized spacial score (nSPS) is 12.2. The van der Waals surface area contributed by atoms with Crippen LogP contribution in [0.2, 0.25) is 0 Å². The Morgan fingerprint density at radius 2 is 1.91 bits per heavy atom. The summed E-state index contributed by atoms with van der Waals surface area (Å²) in [7, 11) is 0. The van der Waals surface area contributed by atoms with Gasteiger partial charge in [0.2, 0.25) is 5.91 Å². The van der Waals surface area contributed by atoms with Crippen LogP contribution in [-0.2, 0) is 11.2 Å². The molecular formula is C26H27N3O2S. The number of hydrogen-bond donors (Lipinski definition) is 1. The Kier molecular flexibility index (Phi) is 5.98. The lowest BCUT2D eigenvalue weighted by molar-refractivity contribution is -0.118. The SMILES string of the molecule is CCc1cccc(C)c1NC(=O)C(C)n1cnc2scc(-c3ccc(C)cc3C)c2c1=O. The molecule has 1 unspecified atom stereocenters. The lowest BCUT2D eigenvalue weighted by Gasteiger charge is -2.18. The highest BCUT2D eigenvalue weighted by atomic mass is 32.1. The first kappa shape index (κ1) is 22.0. The van der Waals surface area contributed by atoms with E-state index in [0.717, 1.165) is 39.9 Å². The topological polar surface area (TPSA) is 64.0 Å². The van der Waals surface area contributed by atoms with Gasteiger partial charge >= 0.3 is 0 Å². The molecule has 5 nitrogen and oxygen atoms in total. The largest absolute Gasteiger partial charge is 0.324 e. The van der Waals surface area contributed by atoms with E-state index in [4.69, 9.17) is 0 Å². The zero-order valence-electron chi connectivity index (χ0n) is 19.0. The second-order valence-corrected chi connectivity index (χ2v) is 9.09. The van der Waals surface area contributed by atoms with E-state index in [1.54, 1.807) is 6.92 Å². The van der Waals surface area contributed by atoms with Crippen molar-refractivity contribution in [2.45, 2.75) is 47.1 Å². The molecule has 4 aromatic rings. The Labute approximate surface area is 191 Å². The van der Waals surface area contributed by atoms with Crippen molar-refractivity contribution in [3.63, 3.8) is 0 Å². The number of benzene rings is 2. The maximum absolute atomic E-state index is 13.5. The van der Waals surface area contributed by atoms with E-state index in [0.29, 0.717) is 10.2 Å². The Hall–Kier alpha value is -3.25. The third kappa shape index (κ3) is 3.86. The number of aromatic nitrogens is 2. The molecule has 0 radical (unpaired) electrons. The summed E-state index contributed by atoms with van der Waals surface area (Å²) >= 11 is 1.45. The van der Waals surface area contributed by atoms with Gasteiger partial charge in [-0.1, -0.05) is 48.9 Å². The van der Waals surface area contributed by atoms with Crippen LogP contribution in [0.15, 0.2) is 52.9 Å². The number of nitrogens with one attached hydrogen (secondary N) is 1. The van der Waals surface area contributed by atoms with Crippen molar-refractivity contribution in [1.29, 1.82) is 0 Å². The molecule has 6 heteroatoms. The average Bonchev–Trinajstić information content (AvgIpc) is 3.19. The molecule has 1 amide bonds. The molecule has 0 bridgehead atoms. The van der Waals surface area contributed by atoms with Crippen LogP contribution in [0.1, 0.15) is 42.1 Å². The molecule has 2 aromatic carbocycles. The van der Waals surface area contributed by atoms with Crippen LogP contribution < -0.4 is 10.9 Å². The number of carbonyl (C=O) groups excluding carboxylic acids is 1. The molecule has 32 heavy (non-hydrogen) atoms. The highest BCUT2D eigenvalue weighted by Gasteiger charge is 2.22. The Morgan fingerprint density at radius 3 is 2.62 bits per heavy atom. The molecule has 0 aliphatic rings. The lowest BCUT2D eigenvalue weighted by Crippen LogP contribution is -2.32. The summed E-state index contributed by atoms with van der Waals surface area (Å²) < 4.78 is 1.43. The molecule has 0 saturated heterocycles. The van der Waals surface area contributed by atoms with Crippen molar-refractivity contribution >= 4 is 33.1 Å². The summed E-state index contributed by atoms with van der Waals surface area (Å²) in [5.74, 6) is -0.236. The fraction of sp³-hybridized carbons (Fsp3) is 0.269. The molecular weight excluding hydrogens is 418 g/mol. The molecule has 0 aliphatic carbocycles. The highest BCUT2D eigenvalue weighted by molar-refractivity contribution is 7.17. The van der Waals surface area contributed by atoms with Gasteiger partial charge in [-0.25, -0.2) is 4.98 Å². The second-order valence-electron chi connectivity index (χ2n) is 8.23. The number of anilines is 1. The fourth-order valence-corrected chi connectivity index (χ4v) is 4.99. The van der Waals surface area contributed by atoms with Crippen LogP contribution in [0, 0.1) is 20.8 Å². The zero-order valence-corrected chi connectivity index (χ0v) is 19.8. The molecule has 164 valence electrons. The molecule has 2 aromatic heterocycles. The molecule has 0 spiro atoms. The molecule has 4 rings (SSSR count). The predicted molar refractivity (Wildman–Crippen MR) is 133 cm³/mol. The maximum Gasteiger partial charge on any atom is 0.263 e. The summed E-state index contributed by atoms with van der Waals surface area (Å²) in [6.45, 7) is 9.86. The standard InChI is InChI=1S/C26H27N3O2S/c1-6-19-9-7-8-16(3)23(19)28-24(30)18(5)29-14-27-25-22(26(29)31)21(13-32-25)20-11-10-15(2)12-17(20)4/h7-14,18H,6H2,1-5H3,(H,28,30). The average molecular weight is 446 g/mol. The summed E-state index contributed by atoms with van der Waals surface area (Å²) in [6.07, 6.45) is 2.29. The first-order valence-corrected chi connectivity index (χ1v) is 11.6. The van der Waals surface area contributed by atoms with E-state index in [9.17, 15) is 9.59 Å². The Balaban J connectivity index is 1.75. The molecule has 0 fully saturated rings. The van der Waals surface area contributed by atoms with Crippen LogP contribution >= 0.6 is 11.3 Å². The van der Waals surface area contributed by atoms with E-state index in [-0.39, 0.29) is 11.5 Å². The summed E-state index contributed by atoms with van der Waals surface area (Å²) in [5.41, 5.74) is 6.86. The zero-order chi connectivity index (χ0) is 23.0. The third-order valence-corrected chi connectivity index (χ3v) is 6.86. The number of carbonyl (C=O) groups is 1. The van der Waals surface area contributed by atoms with Crippen molar-refractivity contribution in [2.24, 2.45) is 0 Å². The predicted octanol–water partition coefficient (Wildman–Crippen LogP) is 5.81. The van der Waals surface area contributed by atoms with Gasteiger partial charge in [0, 0.05) is 16.6 Å². The van der Waals surface area contributed by atoms with Gasteiger partial charge in [-0.05, 0) is 56.4 Å². The summed E-state index contributed by atoms with van der Waals surface area (Å²) in [6, 6.07) is 11.5. The number of hydrogen-bond acceptors (Lipinski definition) is 4. The number of para-hydroxylation sites is 1. The Morgan fingerprint density at radius 1 is 1.12 bits per heavy atom. The molecule has 1 atom stereocenters. The van der Waals surface area contributed by atoms with E-state index < -0.39 is 6.04 Å². The number of nitrogens with zero attached hydrogens (tertiary/aromatic N) is 2. The van der Waals surface area contributed by atoms with Crippen molar-refractivity contribution in [1.82, 2.24) is 9.55 Å². The maximum atomic E-state index is 13.5. The van der Waals surface area contributed by atoms with Crippen molar-refractivity contribution in [2.75, 3.05) is 5.32 Å². The van der Waals surface area contributed by atoms with E-state index in [1.807, 2.05) is 49.6 Å². The number of fused-ring (bicyclic) bond motifs is 1. The van der Waals surface area contributed by atoms with E-state index in [2.05, 4.69) is 30.2 Å². The van der Waals surface area contributed by atoms with Crippen LogP contribution in [0.5, 0.6) is 0 Å². The van der Waals surface area contributed by atoms with Crippen LogP contribution in [-0.4, -0.2) is 15.5 Å². The van der Waals surface area contributed by atoms with Gasteiger partial charge in [-0.2, -0.15) is 0 Å². The van der Waals surface area contributed by atoms with Crippen LogP contribution in [0.3, 0.4) is 0 Å². The molecule has 1 N–H and O–H groups in total. The lowest BCUT2D eigenvalue weighted by atomic mass is 9.99. The van der Waals surface area contributed by atoms with Crippen molar-refractivity contribution < 1.29 is 4.79 Å². The number of thiophene rings is 1. The van der Waals surface area contributed by atoms with Gasteiger partial charge in [-0.3, -0.25) is 14.2 Å². The first-order chi connectivity index (χ1) is 15.3. The van der Waals surface area contributed by atoms with Crippen molar-refractivity contribution in [3.05, 3.63) is 80.7 Å². The van der Waals surface area contributed by atoms with Crippen LogP contribution in [0.4, 0.5) is 5.69 Å². The van der Waals surface area contributed by atoms with Gasteiger partial charge in [0.15, 0.2) is 0 Å². The van der Waals surface area contributed by atoms with E-state index in [1.165, 1.54) is 27.8 Å². The van der Waals surface area contributed by atoms with Gasteiger partial charge in [-0.15, -0.1) is 11.3 Å². The quantitative estimate of drug-likeness (QED) is 0.421. The first-order valence-electron chi connectivity index (χ1n) is 10.8. The van der Waals surface area contributed by atoms with Gasteiger partial charge in [0.05, 0.1) is 11.7 Å². The van der Waals surface area contributed by atoms with Gasteiger partial charge < -0.3 is 5.32 Å². The smallest absolute Gasteiger partial charge is 0.263 e. The van der Waals surface area contributed by atoms with E-state index >= 15 is 0 Å². The monoisotopic (exact) mass is 445 g/mol. The summed E-state index contributed by atoms with van der Waals surface area (Å²) in [5, 5.41) is 5.58. The fourth-order valence-electron chi connectivity index (χ4n) is 4.09. The van der Waals surface area contributed by atoms with Crippen molar-refractivity contribution in [3.8, 4) is 11.1 Å². The number of rotatable bonds is 5. The minimum atomic E-state index is -0.699. The molecule has 0 saturated carbocycles. The minimum absolute atomic E-state index is 0.200. The minimum Gasteiger partial charge on any atom is -0.324 e. The van der Waals surface area contributed by atoms with Gasteiger partial charge in [0.1, 0.15) is 10.9 Å². The highest BCUT2D eigenvalue weighted by Crippen LogP contribution is 2.33.